The topological polar surface area (TPSA) is 61.9 Å². The maximum atomic E-state index is 12.7. The number of esters is 1. The molecule has 1 heterocycles. The molecule has 0 aromatic heterocycles. The minimum absolute atomic E-state index is 0.142. The van der Waals surface area contributed by atoms with E-state index in [2.05, 4.69) is 17.1 Å². The second-order valence-corrected chi connectivity index (χ2v) is 7.78. The highest BCUT2D eigenvalue weighted by atomic mass is 16.5. The van der Waals surface area contributed by atoms with Crippen LogP contribution >= 0.6 is 0 Å². The summed E-state index contributed by atoms with van der Waals surface area (Å²) in [5, 5.41) is 2.91. The minimum Gasteiger partial charge on any atom is -0.462 e. The van der Waals surface area contributed by atoms with Crippen LogP contribution in [0.1, 0.15) is 62.2 Å². The van der Waals surface area contributed by atoms with Crippen molar-refractivity contribution in [2.24, 2.45) is 0 Å². The van der Waals surface area contributed by atoms with Gasteiger partial charge in [-0.15, -0.1) is 0 Å². The van der Waals surface area contributed by atoms with Crippen LogP contribution in [0.2, 0.25) is 0 Å². The van der Waals surface area contributed by atoms with Crippen molar-refractivity contribution < 1.29 is 14.3 Å². The third-order valence-electron chi connectivity index (χ3n) is 5.81. The Morgan fingerprint density at radius 1 is 1.07 bits per heavy atom. The number of nitrogens with zero attached hydrogens (tertiary/aromatic N) is 2. The summed E-state index contributed by atoms with van der Waals surface area (Å²) in [6.45, 7) is 5.77. The Hall–Kier alpha value is -2.08. The van der Waals surface area contributed by atoms with E-state index in [1.54, 1.807) is 18.2 Å². The van der Waals surface area contributed by atoms with E-state index in [9.17, 15) is 9.59 Å². The predicted molar refractivity (Wildman–Crippen MR) is 111 cm³/mol. The van der Waals surface area contributed by atoms with E-state index < -0.39 is 0 Å². The highest BCUT2D eigenvalue weighted by Crippen LogP contribution is 2.24. The minimum atomic E-state index is -0.383. The Kier molecular flexibility index (Phi) is 7.71. The number of urea groups is 1. The fourth-order valence-corrected chi connectivity index (χ4v) is 4.09. The monoisotopic (exact) mass is 387 g/mol. The molecule has 6 nitrogen and oxygen atoms in total. The lowest BCUT2D eigenvalue weighted by atomic mass is 9.94. The molecule has 0 unspecified atom stereocenters. The molecule has 1 saturated heterocycles. The second kappa shape index (κ2) is 10.5. The van der Waals surface area contributed by atoms with Crippen LogP contribution in [-0.2, 0) is 4.74 Å². The number of amides is 2. The molecule has 0 bridgehead atoms. The van der Waals surface area contributed by atoms with Crippen molar-refractivity contribution in [2.75, 3.05) is 38.1 Å². The van der Waals surface area contributed by atoms with Crippen molar-refractivity contribution in [2.45, 2.75) is 57.9 Å². The van der Waals surface area contributed by atoms with Gasteiger partial charge in [0.2, 0.25) is 0 Å². The van der Waals surface area contributed by atoms with Gasteiger partial charge in [0.1, 0.15) is 0 Å². The third-order valence-corrected chi connectivity index (χ3v) is 5.81. The summed E-state index contributed by atoms with van der Waals surface area (Å²) in [5.74, 6) is -0.383. The van der Waals surface area contributed by atoms with Crippen molar-refractivity contribution in [3.05, 3.63) is 29.8 Å². The van der Waals surface area contributed by atoms with E-state index >= 15 is 0 Å². The van der Waals surface area contributed by atoms with Crippen LogP contribution in [0.25, 0.3) is 0 Å². The standard InChI is InChI=1S/C22H33N3O3/c1-2-3-17-28-21(26)19-11-7-8-12-20(19)23-22(27)25-15-13-24(14-16-25)18-9-5-4-6-10-18/h7-8,11-12,18H,2-6,9-10,13-17H2,1H3,(H,23,27). The maximum Gasteiger partial charge on any atom is 0.340 e. The van der Waals surface area contributed by atoms with Crippen LogP contribution in [0.15, 0.2) is 24.3 Å². The summed E-state index contributed by atoms with van der Waals surface area (Å²) < 4.78 is 5.31. The molecule has 1 aliphatic heterocycles. The van der Waals surface area contributed by atoms with Crippen molar-refractivity contribution >= 4 is 17.7 Å². The summed E-state index contributed by atoms with van der Waals surface area (Å²) in [5.41, 5.74) is 0.927. The summed E-state index contributed by atoms with van der Waals surface area (Å²) in [4.78, 5) is 29.4. The number of hydrogen-bond donors (Lipinski definition) is 1. The summed E-state index contributed by atoms with van der Waals surface area (Å²) in [7, 11) is 0. The van der Waals surface area contributed by atoms with E-state index in [0.717, 1.165) is 39.0 Å². The van der Waals surface area contributed by atoms with Gasteiger partial charge in [-0.25, -0.2) is 9.59 Å². The van der Waals surface area contributed by atoms with Crippen LogP contribution in [0, 0.1) is 0 Å². The number of rotatable bonds is 6. The molecule has 1 saturated carbocycles. The van der Waals surface area contributed by atoms with E-state index in [4.69, 9.17) is 4.74 Å². The summed E-state index contributed by atoms with van der Waals surface area (Å²) in [6.07, 6.45) is 8.41. The largest absolute Gasteiger partial charge is 0.462 e. The molecule has 0 radical (unpaired) electrons. The van der Waals surface area contributed by atoms with Crippen molar-refractivity contribution in [1.29, 1.82) is 0 Å². The van der Waals surface area contributed by atoms with Gasteiger partial charge in [-0.05, 0) is 31.4 Å². The summed E-state index contributed by atoms with van der Waals surface area (Å²) in [6, 6.07) is 7.61. The average molecular weight is 388 g/mol. The van der Waals surface area contributed by atoms with Gasteiger partial charge in [0.15, 0.2) is 0 Å². The number of hydrogen-bond acceptors (Lipinski definition) is 4. The SMILES string of the molecule is CCCCOC(=O)c1ccccc1NC(=O)N1CCN(C2CCCCC2)CC1. The number of carbonyl (C=O) groups excluding carboxylic acids is 2. The molecule has 0 atom stereocenters. The van der Waals surface area contributed by atoms with E-state index in [1.807, 2.05) is 11.0 Å². The molecule has 1 N–H and O–H groups in total. The number of carbonyl (C=O) groups is 2. The van der Waals surface area contributed by atoms with Gasteiger partial charge in [0, 0.05) is 32.2 Å². The van der Waals surface area contributed by atoms with Gasteiger partial charge >= 0.3 is 12.0 Å². The van der Waals surface area contributed by atoms with Crippen LogP contribution in [0.3, 0.4) is 0 Å². The average Bonchev–Trinajstić information content (AvgIpc) is 2.75. The number of anilines is 1. The van der Waals surface area contributed by atoms with E-state index in [-0.39, 0.29) is 12.0 Å². The zero-order chi connectivity index (χ0) is 19.8. The van der Waals surface area contributed by atoms with Crippen LogP contribution in [0.4, 0.5) is 10.5 Å². The number of nitrogens with one attached hydrogen (secondary N) is 1. The molecule has 154 valence electrons. The Morgan fingerprint density at radius 3 is 2.50 bits per heavy atom. The molecule has 1 aliphatic carbocycles. The first kappa shape index (κ1) is 20.6. The Bertz CT molecular complexity index is 650. The normalized spacial score (nSPS) is 18.7. The Labute approximate surface area is 168 Å². The van der Waals surface area contributed by atoms with Gasteiger partial charge < -0.3 is 15.0 Å². The zero-order valence-corrected chi connectivity index (χ0v) is 17.0. The van der Waals surface area contributed by atoms with Crippen molar-refractivity contribution in [3.63, 3.8) is 0 Å². The molecule has 28 heavy (non-hydrogen) atoms. The highest BCUT2D eigenvalue weighted by Gasteiger charge is 2.27. The molecular weight excluding hydrogens is 354 g/mol. The van der Waals surface area contributed by atoms with Crippen molar-refractivity contribution in [1.82, 2.24) is 9.80 Å². The smallest absolute Gasteiger partial charge is 0.340 e. The molecule has 3 rings (SSSR count). The third kappa shape index (κ3) is 5.47. The van der Waals surface area contributed by atoms with Gasteiger partial charge in [-0.2, -0.15) is 0 Å². The van der Waals surface area contributed by atoms with Gasteiger partial charge in [0.05, 0.1) is 17.9 Å². The zero-order valence-electron chi connectivity index (χ0n) is 17.0. The first-order valence-corrected chi connectivity index (χ1v) is 10.7. The highest BCUT2D eigenvalue weighted by molar-refractivity contribution is 6.00. The molecule has 1 aromatic carbocycles. The lowest BCUT2D eigenvalue weighted by Gasteiger charge is -2.40. The number of para-hydroxylation sites is 1. The molecule has 2 fully saturated rings. The van der Waals surface area contributed by atoms with E-state index in [1.165, 1.54) is 32.1 Å². The first-order valence-electron chi connectivity index (χ1n) is 10.7. The van der Waals surface area contributed by atoms with Gasteiger partial charge in [0.25, 0.3) is 0 Å². The lowest BCUT2D eigenvalue weighted by molar-refractivity contribution is 0.0501. The van der Waals surface area contributed by atoms with Crippen molar-refractivity contribution in [3.8, 4) is 0 Å². The maximum absolute atomic E-state index is 12.7. The fraction of sp³-hybridized carbons (Fsp3) is 0.636. The van der Waals surface area contributed by atoms with Crippen LogP contribution in [-0.4, -0.2) is 60.6 Å². The molecule has 1 aromatic rings. The van der Waals surface area contributed by atoms with Crippen LogP contribution < -0.4 is 5.32 Å². The Morgan fingerprint density at radius 2 is 1.79 bits per heavy atom. The lowest BCUT2D eigenvalue weighted by Crippen LogP contribution is -2.53. The quantitative estimate of drug-likeness (QED) is 0.589. The molecule has 2 aliphatic rings. The molecular formula is C22H33N3O3. The first-order chi connectivity index (χ1) is 13.7. The van der Waals surface area contributed by atoms with Gasteiger partial charge in [-0.1, -0.05) is 44.7 Å². The number of ether oxygens (including phenoxy) is 1. The van der Waals surface area contributed by atoms with Crippen LogP contribution in [0.5, 0.6) is 0 Å². The number of unbranched alkanes of at least 4 members (excludes halogenated alkanes) is 1. The second-order valence-electron chi connectivity index (χ2n) is 7.78. The number of benzene rings is 1. The Balaban J connectivity index is 1.53. The van der Waals surface area contributed by atoms with Gasteiger partial charge in [-0.3, -0.25) is 4.90 Å². The predicted octanol–water partition coefficient (Wildman–Crippen LogP) is 4.13. The molecule has 0 spiro atoms. The molecule has 2 amide bonds. The number of piperazine rings is 1. The van der Waals surface area contributed by atoms with E-state index in [0.29, 0.717) is 23.9 Å². The summed E-state index contributed by atoms with van der Waals surface area (Å²) >= 11 is 0. The fourth-order valence-electron chi connectivity index (χ4n) is 4.09. The molecule has 6 heteroatoms.